The number of benzene rings is 1. The molecule has 2 fully saturated rings. The minimum Gasteiger partial charge on any atom is -0.508 e. The first kappa shape index (κ1) is 12.1. The highest BCUT2D eigenvalue weighted by Gasteiger charge is 2.84. The van der Waals surface area contributed by atoms with Crippen molar-refractivity contribution >= 4 is 5.97 Å². The summed E-state index contributed by atoms with van der Waals surface area (Å²) >= 11 is 0. The van der Waals surface area contributed by atoms with Crippen molar-refractivity contribution in [2.75, 3.05) is 0 Å². The van der Waals surface area contributed by atoms with E-state index in [9.17, 15) is 15.0 Å². The molecule has 2 saturated carbocycles. The topological polar surface area (TPSA) is 92.5 Å². The van der Waals surface area contributed by atoms with Gasteiger partial charge < -0.3 is 14.9 Å². The van der Waals surface area contributed by atoms with Crippen LogP contribution < -0.4 is 4.74 Å². The quantitative estimate of drug-likeness (QED) is 0.893. The van der Waals surface area contributed by atoms with E-state index in [1.807, 2.05) is 0 Å². The molecule has 2 aromatic rings. The number of phenols is 1. The van der Waals surface area contributed by atoms with E-state index in [-0.39, 0.29) is 17.6 Å². The van der Waals surface area contributed by atoms with Gasteiger partial charge in [0.15, 0.2) is 0 Å². The van der Waals surface area contributed by atoms with Crippen molar-refractivity contribution in [3.8, 4) is 17.4 Å². The molecule has 3 atom stereocenters. The van der Waals surface area contributed by atoms with Crippen molar-refractivity contribution in [1.29, 1.82) is 0 Å². The second-order valence-electron chi connectivity index (χ2n) is 5.50. The van der Waals surface area contributed by atoms with E-state index < -0.39 is 11.4 Å². The van der Waals surface area contributed by atoms with Gasteiger partial charge in [-0.2, -0.15) is 0 Å². The van der Waals surface area contributed by atoms with Crippen LogP contribution in [0.2, 0.25) is 0 Å². The fourth-order valence-corrected chi connectivity index (χ4v) is 3.09. The molecule has 0 unspecified atom stereocenters. The number of phenolic OH excluding ortho intramolecular Hbond substituents is 1. The molecule has 0 aliphatic heterocycles. The van der Waals surface area contributed by atoms with Gasteiger partial charge in [-0.05, 0) is 30.5 Å². The zero-order valence-corrected chi connectivity index (χ0v) is 10.9. The van der Waals surface area contributed by atoms with Crippen LogP contribution in [0, 0.1) is 11.3 Å². The molecule has 2 aliphatic rings. The van der Waals surface area contributed by atoms with E-state index in [1.165, 1.54) is 12.4 Å². The van der Waals surface area contributed by atoms with Crippen LogP contribution in [0.15, 0.2) is 36.8 Å². The molecule has 1 aromatic heterocycles. The SMILES string of the molecule is O=C(O)[C@@]12C[C@H]1[C@H]2c1cc(Oc2ccncn2)ccc1O. The van der Waals surface area contributed by atoms with E-state index in [0.29, 0.717) is 23.6 Å². The summed E-state index contributed by atoms with van der Waals surface area (Å²) in [6, 6.07) is 6.47. The third-order valence-electron chi connectivity index (χ3n) is 4.42. The highest BCUT2D eigenvalue weighted by Crippen LogP contribution is 2.85. The van der Waals surface area contributed by atoms with Gasteiger partial charge in [0.25, 0.3) is 0 Å². The zero-order chi connectivity index (χ0) is 14.6. The average molecular weight is 284 g/mol. The largest absolute Gasteiger partial charge is 0.508 e. The van der Waals surface area contributed by atoms with E-state index in [1.54, 1.807) is 24.4 Å². The van der Waals surface area contributed by atoms with Crippen molar-refractivity contribution in [1.82, 2.24) is 9.97 Å². The van der Waals surface area contributed by atoms with Crippen LogP contribution in [-0.4, -0.2) is 26.2 Å². The van der Waals surface area contributed by atoms with Gasteiger partial charge in [-0.3, -0.25) is 4.79 Å². The van der Waals surface area contributed by atoms with Crippen LogP contribution >= 0.6 is 0 Å². The fourth-order valence-electron chi connectivity index (χ4n) is 3.09. The number of rotatable bonds is 4. The molecule has 6 heteroatoms. The molecule has 0 radical (unpaired) electrons. The molecule has 6 nitrogen and oxygen atoms in total. The Bertz CT molecular complexity index is 734. The molecule has 0 amide bonds. The summed E-state index contributed by atoms with van der Waals surface area (Å²) in [5.41, 5.74) is -0.00872. The Morgan fingerprint density at radius 1 is 1.38 bits per heavy atom. The number of nitrogens with zero attached hydrogens (tertiary/aromatic N) is 2. The average Bonchev–Trinajstić information content (AvgIpc) is 3.33. The summed E-state index contributed by atoms with van der Waals surface area (Å²) in [4.78, 5) is 19.0. The molecule has 0 saturated heterocycles. The molecule has 0 bridgehead atoms. The van der Waals surface area contributed by atoms with Crippen molar-refractivity contribution in [2.45, 2.75) is 12.3 Å². The summed E-state index contributed by atoms with van der Waals surface area (Å²) in [6.07, 6.45) is 3.65. The van der Waals surface area contributed by atoms with Crippen molar-refractivity contribution in [3.63, 3.8) is 0 Å². The Labute approximate surface area is 120 Å². The summed E-state index contributed by atoms with van der Waals surface area (Å²) in [5.74, 6) is 0.296. The van der Waals surface area contributed by atoms with Gasteiger partial charge in [0.05, 0.1) is 5.41 Å². The monoisotopic (exact) mass is 284 g/mol. The Kier molecular flexibility index (Phi) is 2.28. The van der Waals surface area contributed by atoms with Crippen LogP contribution in [0.3, 0.4) is 0 Å². The molecule has 106 valence electrons. The third-order valence-corrected chi connectivity index (χ3v) is 4.42. The second-order valence-corrected chi connectivity index (χ2v) is 5.50. The summed E-state index contributed by atoms with van der Waals surface area (Å²) in [5, 5.41) is 19.2. The number of ether oxygens (including phenoxy) is 1. The van der Waals surface area contributed by atoms with E-state index in [2.05, 4.69) is 9.97 Å². The predicted molar refractivity (Wildman–Crippen MR) is 71.1 cm³/mol. The Hall–Kier alpha value is -2.63. The van der Waals surface area contributed by atoms with Crippen LogP contribution in [0.1, 0.15) is 17.9 Å². The zero-order valence-electron chi connectivity index (χ0n) is 10.9. The number of hydrogen-bond donors (Lipinski definition) is 2. The van der Waals surface area contributed by atoms with Crippen LogP contribution in [0.25, 0.3) is 0 Å². The van der Waals surface area contributed by atoms with Crippen LogP contribution in [0.4, 0.5) is 0 Å². The van der Waals surface area contributed by atoms with Crippen molar-refractivity contribution < 1.29 is 19.7 Å². The molecule has 2 N–H and O–H groups in total. The molecular weight excluding hydrogens is 272 g/mol. The normalized spacial score (nSPS) is 28.6. The smallest absolute Gasteiger partial charge is 0.310 e. The minimum absolute atomic E-state index is 0.107. The van der Waals surface area contributed by atoms with Gasteiger partial charge >= 0.3 is 5.97 Å². The Morgan fingerprint density at radius 3 is 2.86 bits per heavy atom. The maximum Gasteiger partial charge on any atom is 0.310 e. The number of aromatic hydroxyl groups is 1. The molecular formula is C15H12N2O4. The lowest BCUT2D eigenvalue weighted by Gasteiger charge is -2.12. The maximum atomic E-state index is 11.3. The first-order valence-corrected chi connectivity index (χ1v) is 6.63. The van der Waals surface area contributed by atoms with Crippen molar-refractivity contribution in [2.24, 2.45) is 11.3 Å². The van der Waals surface area contributed by atoms with E-state index >= 15 is 0 Å². The Balaban J connectivity index is 1.62. The van der Waals surface area contributed by atoms with Crippen LogP contribution in [0.5, 0.6) is 17.4 Å². The van der Waals surface area contributed by atoms with Gasteiger partial charge in [-0.15, -0.1) is 0 Å². The van der Waals surface area contributed by atoms with Gasteiger partial charge in [-0.25, -0.2) is 9.97 Å². The fraction of sp³-hybridized carbons (Fsp3) is 0.267. The van der Waals surface area contributed by atoms with E-state index in [0.717, 1.165) is 0 Å². The number of hydrogen-bond acceptors (Lipinski definition) is 5. The standard InChI is InChI=1S/C15H12N2O4/c18-11-2-1-8(21-12-3-4-16-7-17-12)5-9(11)13-10-6-15(10,13)14(19)20/h1-5,7,10,13,18H,6H2,(H,19,20)/t10-,13+,15-/m0/s1. The minimum atomic E-state index is -0.779. The highest BCUT2D eigenvalue weighted by molar-refractivity contribution is 5.87. The van der Waals surface area contributed by atoms with Gasteiger partial charge in [-0.1, -0.05) is 0 Å². The lowest BCUT2D eigenvalue weighted by molar-refractivity contribution is -0.141. The maximum absolute atomic E-state index is 11.3. The highest BCUT2D eigenvalue weighted by atomic mass is 16.5. The van der Waals surface area contributed by atoms with Crippen LogP contribution in [-0.2, 0) is 4.79 Å². The number of carboxylic acids is 1. The summed E-state index contributed by atoms with van der Waals surface area (Å²) in [6.45, 7) is 0. The van der Waals surface area contributed by atoms with Gasteiger partial charge in [0, 0.05) is 23.7 Å². The first-order chi connectivity index (χ1) is 10.1. The number of fused-ring (bicyclic) bond motifs is 1. The third kappa shape index (κ3) is 1.68. The van der Waals surface area contributed by atoms with Gasteiger partial charge in [0.1, 0.15) is 17.8 Å². The van der Waals surface area contributed by atoms with Gasteiger partial charge in [0.2, 0.25) is 5.88 Å². The molecule has 2 aliphatic carbocycles. The molecule has 1 aromatic carbocycles. The lowest BCUT2D eigenvalue weighted by atomic mass is 9.96. The molecule has 21 heavy (non-hydrogen) atoms. The Morgan fingerprint density at radius 2 is 2.24 bits per heavy atom. The number of aromatic nitrogens is 2. The predicted octanol–water partition coefficient (Wildman–Crippen LogP) is 2.16. The molecule has 0 spiro atoms. The van der Waals surface area contributed by atoms with E-state index in [4.69, 9.17) is 4.74 Å². The molecule has 1 heterocycles. The lowest BCUT2D eigenvalue weighted by Crippen LogP contribution is -2.10. The first-order valence-electron chi connectivity index (χ1n) is 6.63. The number of aliphatic carboxylic acids is 1. The summed E-state index contributed by atoms with van der Waals surface area (Å²) < 4.78 is 5.59. The summed E-state index contributed by atoms with van der Waals surface area (Å²) in [7, 11) is 0. The molecule has 4 rings (SSSR count). The number of carboxylic acid groups (broad SMARTS) is 1. The number of carbonyl (C=O) groups is 1. The second kappa shape index (κ2) is 3.94. The van der Waals surface area contributed by atoms with Crippen molar-refractivity contribution in [3.05, 3.63) is 42.4 Å².